The third-order valence-corrected chi connectivity index (χ3v) is 1.58. The topological polar surface area (TPSA) is 26.0 Å². The summed E-state index contributed by atoms with van der Waals surface area (Å²) in [7, 11) is 0. The lowest BCUT2D eigenvalue weighted by Crippen LogP contribution is -2.12. The molecular formula is C11H21N. The van der Waals surface area contributed by atoms with Crippen LogP contribution in [0.15, 0.2) is 24.3 Å². The summed E-state index contributed by atoms with van der Waals surface area (Å²) in [4.78, 5) is 0. The lowest BCUT2D eigenvalue weighted by atomic mass is 10.2. The lowest BCUT2D eigenvalue weighted by molar-refractivity contribution is 0.755. The molecule has 0 saturated heterocycles. The molecule has 12 heavy (non-hydrogen) atoms. The average Bonchev–Trinajstić information content (AvgIpc) is 2.02. The molecule has 0 aliphatic carbocycles. The van der Waals surface area contributed by atoms with Gasteiger partial charge in [-0.2, -0.15) is 0 Å². The predicted octanol–water partition coefficient (Wildman–Crippen LogP) is 3.03. The molecule has 1 unspecified atom stereocenters. The number of rotatable bonds is 6. The van der Waals surface area contributed by atoms with Gasteiger partial charge in [0.1, 0.15) is 0 Å². The van der Waals surface area contributed by atoms with Crippen molar-refractivity contribution < 1.29 is 0 Å². The molecule has 1 atom stereocenters. The van der Waals surface area contributed by atoms with Crippen LogP contribution in [0, 0.1) is 0 Å². The molecule has 0 spiro atoms. The highest BCUT2D eigenvalue weighted by molar-refractivity contribution is 4.88. The fourth-order valence-corrected chi connectivity index (χ4v) is 0.906. The van der Waals surface area contributed by atoms with Crippen LogP contribution in [0.3, 0.4) is 0 Å². The van der Waals surface area contributed by atoms with Crippen molar-refractivity contribution in [2.24, 2.45) is 5.73 Å². The summed E-state index contributed by atoms with van der Waals surface area (Å²) in [6.07, 6.45) is 13.3. The molecule has 1 heteroatoms. The van der Waals surface area contributed by atoms with E-state index < -0.39 is 0 Å². The second-order valence-corrected chi connectivity index (χ2v) is 3.14. The van der Waals surface area contributed by atoms with Crippen LogP contribution in [0.5, 0.6) is 0 Å². The fourth-order valence-electron chi connectivity index (χ4n) is 0.906. The predicted molar refractivity (Wildman–Crippen MR) is 56.1 cm³/mol. The Labute approximate surface area is 76.3 Å². The van der Waals surface area contributed by atoms with Gasteiger partial charge in [-0.25, -0.2) is 0 Å². The molecule has 0 saturated carbocycles. The maximum atomic E-state index is 5.59. The zero-order chi connectivity index (χ0) is 9.23. The molecule has 0 rings (SSSR count). The molecule has 0 fully saturated rings. The van der Waals surface area contributed by atoms with Crippen LogP contribution < -0.4 is 5.73 Å². The smallest absolute Gasteiger partial charge is 0.00449 e. The zero-order valence-electron chi connectivity index (χ0n) is 8.29. The van der Waals surface area contributed by atoms with Gasteiger partial charge in [-0.05, 0) is 32.6 Å². The largest absolute Gasteiger partial charge is 0.328 e. The van der Waals surface area contributed by atoms with Crippen molar-refractivity contribution in [2.45, 2.75) is 45.6 Å². The first-order valence-corrected chi connectivity index (χ1v) is 4.83. The van der Waals surface area contributed by atoms with E-state index in [-0.39, 0.29) is 0 Å². The number of nitrogens with two attached hydrogens (primary N) is 1. The highest BCUT2D eigenvalue weighted by Gasteiger charge is 1.85. The summed E-state index contributed by atoms with van der Waals surface area (Å²) >= 11 is 0. The summed E-state index contributed by atoms with van der Waals surface area (Å²) in [5.41, 5.74) is 5.59. The van der Waals surface area contributed by atoms with Crippen molar-refractivity contribution in [1.82, 2.24) is 0 Å². The van der Waals surface area contributed by atoms with E-state index in [9.17, 15) is 0 Å². The Morgan fingerprint density at radius 1 is 1.08 bits per heavy atom. The second-order valence-electron chi connectivity index (χ2n) is 3.14. The monoisotopic (exact) mass is 167 g/mol. The van der Waals surface area contributed by atoms with Gasteiger partial charge in [-0.3, -0.25) is 0 Å². The third kappa shape index (κ3) is 9.44. The summed E-state index contributed by atoms with van der Waals surface area (Å²) in [5.74, 6) is 0. The minimum absolute atomic E-state index is 0.299. The van der Waals surface area contributed by atoms with Gasteiger partial charge < -0.3 is 5.73 Å². The van der Waals surface area contributed by atoms with E-state index in [1.54, 1.807) is 0 Å². The average molecular weight is 167 g/mol. The van der Waals surface area contributed by atoms with Gasteiger partial charge in [0, 0.05) is 6.04 Å². The maximum absolute atomic E-state index is 5.59. The van der Waals surface area contributed by atoms with E-state index in [2.05, 4.69) is 31.2 Å². The van der Waals surface area contributed by atoms with Crippen molar-refractivity contribution in [1.29, 1.82) is 0 Å². The maximum Gasteiger partial charge on any atom is 0.00449 e. The van der Waals surface area contributed by atoms with Gasteiger partial charge in [0.05, 0.1) is 0 Å². The molecule has 0 aromatic carbocycles. The van der Waals surface area contributed by atoms with Crippen LogP contribution in [0.1, 0.15) is 39.5 Å². The van der Waals surface area contributed by atoms with Gasteiger partial charge >= 0.3 is 0 Å². The minimum Gasteiger partial charge on any atom is -0.328 e. The summed E-state index contributed by atoms with van der Waals surface area (Å²) in [6, 6.07) is 0.299. The molecule has 1 nitrogen and oxygen atoms in total. The van der Waals surface area contributed by atoms with Crippen molar-refractivity contribution in [2.75, 3.05) is 0 Å². The Morgan fingerprint density at radius 2 is 1.67 bits per heavy atom. The van der Waals surface area contributed by atoms with E-state index in [0.717, 1.165) is 25.7 Å². The zero-order valence-corrected chi connectivity index (χ0v) is 8.29. The van der Waals surface area contributed by atoms with E-state index in [1.165, 1.54) is 0 Å². The molecule has 0 bridgehead atoms. The first-order chi connectivity index (χ1) is 5.77. The molecular weight excluding hydrogens is 146 g/mol. The van der Waals surface area contributed by atoms with Crippen molar-refractivity contribution in [3.63, 3.8) is 0 Å². The van der Waals surface area contributed by atoms with E-state index >= 15 is 0 Å². The van der Waals surface area contributed by atoms with Crippen LogP contribution in [0.2, 0.25) is 0 Å². The van der Waals surface area contributed by atoms with Crippen molar-refractivity contribution in [3.8, 4) is 0 Å². The van der Waals surface area contributed by atoms with Crippen molar-refractivity contribution >= 4 is 0 Å². The van der Waals surface area contributed by atoms with Gasteiger partial charge in [0.15, 0.2) is 0 Å². The molecule has 0 aliphatic rings. The molecule has 0 heterocycles. The number of allylic oxidation sites excluding steroid dienone is 3. The quantitative estimate of drug-likeness (QED) is 0.477. The third-order valence-electron chi connectivity index (χ3n) is 1.58. The van der Waals surface area contributed by atoms with Crippen molar-refractivity contribution in [3.05, 3.63) is 24.3 Å². The molecule has 70 valence electrons. The van der Waals surface area contributed by atoms with Gasteiger partial charge in [0.25, 0.3) is 0 Å². The van der Waals surface area contributed by atoms with Gasteiger partial charge in [-0.15, -0.1) is 0 Å². The van der Waals surface area contributed by atoms with Crippen LogP contribution in [-0.4, -0.2) is 6.04 Å². The Balaban J connectivity index is 3.19. The minimum atomic E-state index is 0.299. The fraction of sp³-hybridized carbons (Fsp3) is 0.636. The first kappa shape index (κ1) is 11.4. The molecule has 0 radical (unpaired) electrons. The Kier molecular flexibility index (Phi) is 8.14. The van der Waals surface area contributed by atoms with Gasteiger partial charge in [-0.1, -0.05) is 31.2 Å². The molecule has 0 aromatic rings. The number of hydrogen-bond acceptors (Lipinski definition) is 1. The summed E-state index contributed by atoms with van der Waals surface area (Å²) < 4.78 is 0. The standard InChI is InChI=1S/C11H21N/c1-3-4-5-6-7-8-9-10-11(2)12/h4-5,8-9,11H,3,6-7,10,12H2,1-2H3/b5-4-,9-8+. The summed E-state index contributed by atoms with van der Waals surface area (Å²) in [6.45, 7) is 4.18. The highest BCUT2D eigenvalue weighted by atomic mass is 14.6. The van der Waals surface area contributed by atoms with Crippen LogP contribution >= 0.6 is 0 Å². The second kappa shape index (κ2) is 8.54. The summed E-state index contributed by atoms with van der Waals surface area (Å²) in [5, 5.41) is 0. The van der Waals surface area contributed by atoms with E-state index in [1.807, 2.05) is 6.92 Å². The van der Waals surface area contributed by atoms with Crippen LogP contribution in [0.4, 0.5) is 0 Å². The SMILES string of the molecule is CC/C=C\CC/C=C/CC(C)N. The van der Waals surface area contributed by atoms with E-state index in [4.69, 9.17) is 5.73 Å². The number of unbranched alkanes of at least 4 members (excludes halogenated alkanes) is 1. The highest BCUT2D eigenvalue weighted by Crippen LogP contribution is 1.96. The lowest BCUT2D eigenvalue weighted by Gasteiger charge is -1.96. The Hall–Kier alpha value is -0.560. The van der Waals surface area contributed by atoms with Crippen LogP contribution in [0.25, 0.3) is 0 Å². The molecule has 2 N–H and O–H groups in total. The Morgan fingerprint density at radius 3 is 2.17 bits per heavy atom. The molecule has 0 aromatic heterocycles. The molecule has 0 aliphatic heterocycles. The number of hydrogen-bond donors (Lipinski definition) is 1. The first-order valence-electron chi connectivity index (χ1n) is 4.83. The Bertz CT molecular complexity index is 134. The molecule has 0 amide bonds. The van der Waals surface area contributed by atoms with Crippen LogP contribution in [-0.2, 0) is 0 Å². The van der Waals surface area contributed by atoms with E-state index in [0.29, 0.717) is 6.04 Å². The van der Waals surface area contributed by atoms with Gasteiger partial charge in [0.2, 0.25) is 0 Å². The normalized spacial score (nSPS) is 14.6.